The van der Waals surface area contributed by atoms with Crippen LogP contribution < -0.4 is 10.6 Å². The molecule has 1 aliphatic heterocycles. The first kappa shape index (κ1) is 22.3. The van der Waals surface area contributed by atoms with Crippen LogP contribution in [0.25, 0.3) is 11.1 Å². The Hall–Kier alpha value is -3.45. The highest BCUT2D eigenvalue weighted by atomic mass is 16.2. The van der Waals surface area contributed by atoms with Crippen LogP contribution >= 0.6 is 0 Å². The minimum absolute atomic E-state index is 0.0340. The lowest BCUT2D eigenvalue weighted by Crippen LogP contribution is -2.33. The van der Waals surface area contributed by atoms with Crippen LogP contribution in [0.4, 0.5) is 5.82 Å². The van der Waals surface area contributed by atoms with Crippen molar-refractivity contribution in [1.29, 1.82) is 0 Å². The number of carbonyl (C=O) groups excluding carboxylic acids is 2. The molecule has 1 aromatic heterocycles. The third kappa shape index (κ3) is 5.72. The summed E-state index contributed by atoms with van der Waals surface area (Å²) in [7, 11) is 0. The number of anilines is 1. The predicted octanol–water partition coefficient (Wildman–Crippen LogP) is 3.96. The first-order chi connectivity index (χ1) is 16.6. The van der Waals surface area contributed by atoms with Gasteiger partial charge in [0.1, 0.15) is 0 Å². The van der Waals surface area contributed by atoms with Gasteiger partial charge < -0.3 is 15.5 Å². The maximum absolute atomic E-state index is 12.4. The van der Waals surface area contributed by atoms with Gasteiger partial charge in [-0.05, 0) is 67.6 Å². The van der Waals surface area contributed by atoms with Crippen LogP contribution in [0.15, 0.2) is 54.6 Å². The van der Waals surface area contributed by atoms with Crippen molar-refractivity contribution in [3.8, 4) is 11.1 Å². The molecular formula is C27H31N5O2. The number of aromatic nitrogens is 2. The van der Waals surface area contributed by atoms with Crippen molar-refractivity contribution < 1.29 is 9.59 Å². The summed E-state index contributed by atoms with van der Waals surface area (Å²) in [5, 5.41) is 13.1. The first-order valence-electron chi connectivity index (χ1n) is 12.2. The summed E-state index contributed by atoms with van der Waals surface area (Å²) < 4.78 is 0. The molecule has 0 unspecified atom stereocenters. The van der Waals surface area contributed by atoms with Crippen molar-refractivity contribution in [2.24, 2.45) is 0 Å². The molecule has 5 rings (SSSR count). The molecule has 7 heteroatoms. The molecule has 1 aliphatic carbocycles. The van der Waals surface area contributed by atoms with E-state index >= 15 is 0 Å². The number of likely N-dealkylation sites (tertiary alicyclic amines) is 1. The molecular weight excluding hydrogens is 426 g/mol. The van der Waals surface area contributed by atoms with E-state index in [2.05, 4.69) is 25.7 Å². The minimum atomic E-state index is -0.0818. The second-order valence-electron chi connectivity index (χ2n) is 9.29. The molecule has 0 radical (unpaired) electrons. The van der Waals surface area contributed by atoms with Gasteiger partial charge in [-0.2, -0.15) is 5.10 Å². The molecule has 0 spiro atoms. The third-order valence-corrected chi connectivity index (χ3v) is 6.59. The molecule has 0 bridgehead atoms. The molecule has 2 fully saturated rings. The van der Waals surface area contributed by atoms with Gasteiger partial charge in [-0.1, -0.05) is 36.4 Å². The van der Waals surface area contributed by atoms with Crippen LogP contribution in [0.3, 0.4) is 0 Å². The van der Waals surface area contributed by atoms with Gasteiger partial charge in [0.15, 0.2) is 5.82 Å². The highest BCUT2D eigenvalue weighted by molar-refractivity contribution is 5.94. The van der Waals surface area contributed by atoms with E-state index in [0.29, 0.717) is 30.3 Å². The number of hydrogen-bond donors (Lipinski definition) is 3. The van der Waals surface area contributed by atoms with Crippen molar-refractivity contribution in [1.82, 2.24) is 20.4 Å². The quantitative estimate of drug-likeness (QED) is 0.454. The van der Waals surface area contributed by atoms with Crippen molar-refractivity contribution >= 4 is 17.6 Å². The Balaban J connectivity index is 1.11. The number of amides is 2. The van der Waals surface area contributed by atoms with E-state index in [4.69, 9.17) is 0 Å². The van der Waals surface area contributed by atoms with Gasteiger partial charge >= 0.3 is 0 Å². The van der Waals surface area contributed by atoms with Crippen LogP contribution in [0.5, 0.6) is 0 Å². The van der Waals surface area contributed by atoms with Crippen LogP contribution in [-0.4, -0.2) is 53.1 Å². The summed E-state index contributed by atoms with van der Waals surface area (Å²) in [6.45, 7) is 3.87. The van der Waals surface area contributed by atoms with Crippen LogP contribution in [0.2, 0.25) is 0 Å². The smallest absolute Gasteiger partial charge is 0.251 e. The zero-order chi connectivity index (χ0) is 23.3. The number of nitrogens with zero attached hydrogens (tertiary/aromatic N) is 2. The summed E-state index contributed by atoms with van der Waals surface area (Å²) in [5.41, 5.74) is 4.79. The minimum Gasteiger partial charge on any atom is -0.351 e. The zero-order valence-electron chi connectivity index (χ0n) is 19.3. The van der Waals surface area contributed by atoms with E-state index in [-0.39, 0.29) is 11.8 Å². The van der Waals surface area contributed by atoms with Crippen molar-refractivity contribution in [3.63, 3.8) is 0 Å². The normalized spacial score (nSPS) is 15.9. The Morgan fingerprint density at radius 1 is 0.971 bits per heavy atom. The van der Waals surface area contributed by atoms with Gasteiger partial charge in [0.2, 0.25) is 5.91 Å². The average Bonchev–Trinajstić information content (AvgIpc) is 3.37. The summed E-state index contributed by atoms with van der Waals surface area (Å²) in [6, 6.07) is 17.5. The molecule has 2 aliphatic rings. The van der Waals surface area contributed by atoms with E-state index in [1.165, 1.54) is 25.7 Å². The first-order valence-corrected chi connectivity index (χ1v) is 12.2. The van der Waals surface area contributed by atoms with Gasteiger partial charge in [-0.25, -0.2) is 0 Å². The number of H-pyrrole nitrogens is 1. The zero-order valence-corrected chi connectivity index (χ0v) is 19.3. The molecule has 3 aromatic rings. The SMILES string of the molecule is O=C(Cc1ccc(-c2ccc(C(=O)NCCN3CCCC3)cc2)cc1)Nc1cc(C2CC2)[nH]n1. The van der Waals surface area contributed by atoms with Gasteiger partial charge in [-0.15, -0.1) is 0 Å². The maximum Gasteiger partial charge on any atom is 0.251 e. The summed E-state index contributed by atoms with van der Waals surface area (Å²) in [6.07, 6.45) is 5.20. The van der Waals surface area contributed by atoms with E-state index in [1.54, 1.807) is 0 Å². The second-order valence-corrected chi connectivity index (χ2v) is 9.29. The number of nitrogens with one attached hydrogen (secondary N) is 3. The van der Waals surface area contributed by atoms with Crippen LogP contribution in [-0.2, 0) is 11.2 Å². The summed E-state index contributed by atoms with van der Waals surface area (Å²) in [4.78, 5) is 27.2. The lowest BCUT2D eigenvalue weighted by molar-refractivity contribution is -0.115. The van der Waals surface area contributed by atoms with Crippen molar-refractivity contribution in [2.75, 3.05) is 31.5 Å². The monoisotopic (exact) mass is 457 g/mol. The number of hydrogen-bond acceptors (Lipinski definition) is 4. The van der Waals surface area contributed by atoms with Gasteiger partial charge in [0.25, 0.3) is 5.91 Å². The lowest BCUT2D eigenvalue weighted by atomic mass is 10.0. The molecule has 7 nitrogen and oxygen atoms in total. The number of benzene rings is 2. The largest absolute Gasteiger partial charge is 0.351 e. The third-order valence-electron chi connectivity index (χ3n) is 6.59. The van der Waals surface area contributed by atoms with E-state index in [9.17, 15) is 9.59 Å². The average molecular weight is 458 g/mol. The van der Waals surface area contributed by atoms with Gasteiger partial charge in [0.05, 0.1) is 6.42 Å². The van der Waals surface area contributed by atoms with Gasteiger partial charge in [-0.3, -0.25) is 14.7 Å². The number of carbonyl (C=O) groups is 2. The number of rotatable bonds is 9. The fourth-order valence-electron chi connectivity index (χ4n) is 4.44. The molecule has 34 heavy (non-hydrogen) atoms. The molecule has 2 aromatic carbocycles. The Morgan fingerprint density at radius 3 is 2.32 bits per heavy atom. The standard InChI is InChI=1S/C27H31N5O2/c33-26(29-25-18-24(30-31-25)22-9-10-22)17-19-3-5-20(6-4-19)21-7-11-23(12-8-21)27(34)28-13-16-32-14-1-2-15-32/h3-8,11-12,18,22H,1-2,9-10,13-17H2,(H,28,34)(H2,29,30,31,33). The van der Waals surface area contributed by atoms with Crippen molar-refractivity contribution in [3.05, 3.63) is 71.4 Å². The molecule has 2 amide bonds. The summed E-state index contributed by atoms with van der Waals surface area (Å²) in [5.74, 6) is 1.05. The molecule has 1 saturated carbocycles. The maximum atomic E-state index is 12.4. The Kier molecular flexibility index (Phi) is 6.72. The molecule has 0 atom stereocenters. The van der Waals surface area contributed by atoms with Crippen molar-refractivity contribution in [2.45, 2.75) is 38.0 Å². The van der Waals surface area contributed by atoms with E-state index in [1.807, 2.05) is 54.6 Å². The lowest BCUT2D eigenvalue weighted by Gasteiger charge is -2.14. The van der Waals surface area contributed by atoms with Crippen LogP contribution in [0, 0.1) is 0 Å². The molecule has 1 saturated heterocycles. The fourth-order valence-corrected chi connectivity index (χ4v) is 4.44. The van der Waals surface area contributed by atoms with Crippen LogP contribution in [0.1, 0.15) is 53.2 Å². The topological polar surface area (TPSA) is 90.1 Å². The fraction of sp³-hybridized carbons (Fsp3) is 0.370. The number of aromatic amines is 1. The summed E-state index contributed by atoms with van der Waals surface area (Å²) >= 11 is 0. The Bertz CT molecular complexity index is 1130. The predicted molar refractivity (Wildman–Crippen MR) is 133 cm³/mol. The van der Waals surface area contributed by atoms with E-state index < -0.39 is 0 Å². The highest BCUT2D eigenvalue weighted by Gasteiger charge is 2.25. The molecule has 2 heterocycles. The highest BCUT2D eigenvalue weighted by Crippen LogP contribution is 2.39. The van der Waals surface area contributed by atoms with E-state index in [0.717, 1.165) is 42.0 Å². The Labute approximate surface area is 199 Å². The van der Waals surface area contributed by atoms with Gasteiger partial charge in [0, 0.05) is 36.3 Å². The molecule has 3 N–H and O–H groups in total. The molecule has 176 valence electrons. The Morgan fingerprint density at radius 2 is 1.65 bits per heavy atom. The second kappa shape index (κ2) is 10.2.